The third kappa shape index (κ3) is 4.63. The van der Waals surface area contributed by atoms with Gasteiger partial charge in [-0.3, -0.25) is 0 Å². The monoisotopic (exact) mass is 410 g/mol. The summed E-state index contributed by atoms with van der Waals surface area (Å²) in [5, 5.41) is 8.64. The summed E-state index contributed by atoms with van der Waals surface area (Å²) in [5.41, 5.74) is 1.99. The van der Waals surface area contributed by atoms with E-state index in [2.05, 4.69) is 50.1 Å². The van der Waals surface area contributed by atoms with Gasteiger partial charge in [0.15, 0.2) is 0 Å². The largest absolute Gasteiger partial charge is 0.463 e. The molecule has 0 saturated carbocycles. The molecule has 0 bridgehead atoms. The fourth-order valence-corrected chi connectivity index (χ4v) is 3.37. The predicted molar refractivity (Wildman–Crippen MR) is 115 cm³/mol. The number of hydrogen-bond donors (Lipinski definition) is 0. The van der Waals surface area contributed by atoms with Gasteiger partial charge in [0.05, 0.1) is 31.4 Å². The molecule has 2 atom stereocenters. The Kier molecular flexibility index (Phi) is 6.01. The van der Waals surface area contributed by atoms with Crippen molar-refractivity contribution in [2.24, 2.45) is 21.8 Å². The molecule has 1 aromatic heterocycles. The van der Waals surface area contributed by atoms with Crippen molar-refractivity contribution in [1.29, 1.82) is 0 Å². The van der Waals surface area contributed by atoms with Crippen LogP contribution in [0.5, 0.6) is 0 Å². The van der Waals surface area contributed by atoms with Crippen molar-refractivity contribution in [2.75, 3.05) is 13.2 Å². The Morgan fingerprint density at radius 1 is 0.967 bits per heavy atom. The van der Waals surface area contributed by atoms with Crippen molar-refractivity contribution in [1.82, 2.24) is 19.9 Å². The van der Waals surface area contributed by atoms with Crippen LogP contribution in [-0.2, 0) is 22.6 Å². The molecule has 160 valence electrons. The van der Waals surface area contributed by atoms with Crippen LogP contribution in [0.4, 0.5) is 0 Å². The van der Waals surface area contributed by atoms with Crippen LogP contribution in [0.25, 0.3) is 0 Å². The normalized spacial score (nSPS) is 20.9. The van der Waals surface area contributed by atoms with Gasteiger partial charge in [-0.05, 0) is 17.4 Å². The van der Waals surface area contributed by atoms with Crippen molar-refractivity contribution < 1.29 is 9.47 Å². The van der Waals surface area contributed by atoms with Gasteiger partial charge in [0.2, 0.25) is 0 Å². The number of ether oxygens (including phenoxy) is 2. The number of aliphatic imine (C=N–C) groups is 2. The zero-order valence-electron chi connectivity index (χ0n) is 18.1. The second-order valence-electron chi connectivity index (χ2n) is 8.55. The third-order valence-corrected chi connectivity index (χ3v) is 5.41. The highest BCUT2D eigenvalue weighted by atomic mass is 16.5. The van der Waals surface area contributed by atoms with Gasteiger partial charge >= 0.3 is 0 Å². The van der Waals surface area contributed by atoms with E-state index in [-0.39, 0.29) is 12.1 Å². The van der Waals surface area contributed by atoms with Crippen LogP contribution < -0.4 is 0 Å². The highest BCUT2D eigenvalue weighted by Crippen LogP contribution is 2.21. The first-order valence-corrected chi connectivity index (χ1v) is 10.6. The lowest BCUT2D eigenvalue weighted by Crippen LogP contribution is -2.37. The Balaban J connectivity index is 1.53. The van der Waals surface area contributed by atoms with Gasteiger partial charge < -0.3 is 9.47 Å². The lowest BCUT2D eigenvalue weighted by molar-refractivity contribution is 0.230. The van der Waals surface area contributed by atoms with Crippen LogP contribution in [0.1, 0.15) is 39.0 Å². The van der Waals surface area contributed by atoms with Crippen molar-refractivity contribution in [3.05, 3.63) is 47.8 Å². The van der Waals surface area contributed by atoms with Crippen molar-refractivity contribution >= 4 is 12.0 Å². The lowest BCUT2D eigenvalue weighted by atomic mass is 10.1. The van der Waals surface area contributed by atoms with E-state index >= 15 is 0 Å². The average molecular weight is 411 g/mol. The Labute approximate surface area is 177 Å². The maximum absolute atomic E-state index is 5.93. The second-order valence-corrected chi connectivity index (χ2v) is 8.55. The number of benzene rings is 1. The SMILES string of the molecule is CC(C)[C@H]1COC(N(Cc2cn(Cc3ccccc3)nn2)C2=N[C@@H](C(C)C)CO2)=N1. The third-order valence-electron chi connectivity index (χ3n) is 5.41. The summed E-state index contributed by atoms with van der Waals surface area (Å²) >= 11 is 0. The van der Waals surface area contributed by atoms with E-state index in [1.807, 2.05) is 34.0 Å². The number of amidine groups is 2. The van der Waals surface area contributed by atoms with Gasteiger partial charge in [-0.2, -0.15) is 0 Å². The highest BCUT2D eigenvalue weighted by Gasteiger charge is 2.33. The zero-order valence-corrected chi connectivity index (χ0v) is 18.1. The van der Waals surface area contributed by atoms with Gasteiger partial charge in [0.25, 0.3) is 12.0 Å². The van der Waals surface area contributed by atoms with Crippen molar-refractivity contribution in [2.45, 2.75) is 52.9 Å². The lowest BCUT2D eigenvalue weighted by Gasteiger charge is -2.20. The molecule has 4 rings (SSSR count). The summed E-state index contributed by atoms with van der Waals surface area (Å²) < 4.78 is 13.7. The van der Waals surface area contributed by atoms with Gasteiger partial charge in [-0.1, -0.05) is 63.2 Å². The van der Waals surface area contributed by atoms with Crippen LogP contribution in [-0.4, -0.2) is 57.2 Å². The van der Waals surface area contributed by atoms with E-state index in [9.17, 15) is 0 Å². The molecule has 0 fully saturated rings. The molecule has 0 N–H and O–H groups in total. The number of hydrogen-bond acceptors (Lipinski definition) is 7. The van der Waals surface area contributed by atoms with E-state index in [0.717, 1.165) is 5.69 Å². The predicted octanol–water partition coefficient (Wildman–Crippen LogP) is 2.95. The maximum Gasteiger partial charge on any atom is 0.296 e. The first kappa shape index (κ1) is 20.4. The molecule has 0 radical (unpaired) electrons. The van der Waals surface area contributed by atoms with Crippen LogP contribution >= 0.6 is 0 Å². The molecule has 8 nitrogen and oxygen atoms in total. The molecule has 30 heavy (non-hydrogen) atoms. The first-order valence-electron chi connectivity index (χ1n) is 10.6. The average Bonchev–Trinajstić information content (AvgIpc) is 3.48. The molecule has 0 saturated heterocycles. The molecular formula is C22H30N6O2. The summed E-state index contributed by atoms with van der Waals surface area (Å²) in [6.45, 7) is 10.9. The molecule has 2 aliphatic heterocycles. The van der Waals surface area contributed by atoms with Crippen LogP contribution in [0.3, 0.4) is 0 Å². The number of nitrogens with zero attached hydrogens (tertiary/aromatic N) is 6. The summed E-state index contributed by atoms with van der Waals surface area (Å²) in [6, 6.07) is 11.6. The minimum Gasteiger partial charge on any atom is -0.463 e. The van der Waals surface area contributed by atoms with Crippen LogP contribution in [0.15, 0.2) is 46.5 Å². The highest BCUT2D eigenvalue weighted by molar-refractivity contribution is 5.94. The molecule has 2 aromatic rings. The summed E-state index contributed by atoms with van der Waals surface area (Å²) in [4.78, 5) is 11.4. The van der Waals surface area contributed by atoms with Gasteiger partial charge in [0.1, 0.15) is 18.9 Å². The van der Waals surface area contributed by atoms with E-state index in [1.54, 1.807) is 0 Å². The molecule has 2 aliphatic rings. The molecular weight excluding hydrogens is 380 g/mol. The second kappa shape index (κ2) is 8.85. The van der Waals surface area contributed by atoms with Gasteiger partial charge in [-0.25, -0.2) is 19.6 Å². The summed E-state index contributed by atoms with van der Waals surface area (Å²) in [6.07, 6.45) is 1.95. The van der Waals surface area contributed by atoms with E-state index < -0.39 is 0 Å². The Hall–Kier alpha value is -2.90. The van der Waals surface area contributed by atoms with E-state index in [4.69, 9.17) is 19.5 Å². The molecule has 8 heteroatoms. The maximum atomic E-state index is 5.93. The Morgan fingerprint density at radius 2 is 1.57 bits per heavy atom. The quantitative estimate of drug-likeness (QED) is 0.732. The molecule has 0 spiro atoms. The molecule has 0 amide bonds. The minimum atomic E-state index is 0.138. The van der Waals surface area contributed by atoms with Crippen molar-refractivity contribution in [3.8, 4) is 0 Å². The molecule has 3 heterocycles. The van der Waals surface area contributed by atoms with E-state index in [1.165, 1.54) is 5.56 Å². The van der Waals surface area contributed by atoms with E-state index in [0.29, 0.717) is 50.2 Å². The fourth-order valence-electron chi connectivity index (χ4n) is 3.37. The van der Waals surface area contributed by atoms with Gasteiger partial charge in [-0.15, -0.1) is 5.10 Å². The number of rotatable bonds is 6. The molecule has 0 aliphatic carbocycles. The van der Waals surface area contributed by atoms with Crippen LogP contribution in [0, 0.1) is 11.8 Å². The minimum absolute atomic E-state index is 0.138. The summed E-state index contributed by atoms with van der Waals surface area (Å²) in [5.74, 6) is 0.817. The topological polar surface area (TPSA) is 77.1 Å². The molecule has 0 unspecified atom stereocenters. The smallest absolute Gasteiger partial charge is 0.296 e. The standard InChI is InChI=1S/C22H30N6O2/c1-15(2)19-13-29-21(23-19)28(22-24-20(14-30-22)16(3)4)12-18-11-27(26-25-18)10-17-8-6-5-7-9-17/h5-9,11,15-16,19-20H,10,12-14H2,1-4H3/t19-,20-/m1/s1. The Bertz CT molecular complexity index is 871. The summed E-state index contributed by atoms with van der Waals surface area (Å²) in [7, 11) is 0. The number of aromatic nitrogens is 3. The Morgan fingerprint density at radius 3 is 2.10 bits per heavy atom. The van der Waals surface area contributed by atoms with Gasteiger partial charge in [0, 0.05) is 0 Å². The van der Waals surface area contributed by atoms with Crippen molar-refractivity contribution in [3.63, 3.8) is 0 Å². The van der Waals surface area contributed by atoms with Crippen LogP contribution in [0.2, 0.25) is 0 Å². The zero-order chi connectivity index (χ0) is 21.1. The fraction of sp³-hybridized carbons (Fsp3) is 0.545. The first-order chi connectivity index (χ1) is 14.5. The molecule has 1 aromatic carbocycles.